The third-order valence-corrected chi connectivity index (χ3v) is 3.97. The maximum atomic E-state index is 11.2. The summed E-state index contributed by atoms with van der Waals surface area (Å²) in [5, 5.41) is 6.63. The first-order chi connectivity index (χ1) is 14.5. The summed E-state index contributed by atoms with van der Waals surface area (Å²) in [4.78, 5) is 15.8. The van der Waals surface area contributed by atoms with Crippen LogP contribution in [0, 0.1) is 0 Å². The highest BCUT2D eigenvalue weighted by Crippen LogP contribution is 2.16. The molecule has 0 aromatic heterocycles. The Morgan fingerprint density at radius 3 is 2.47 bits per heavy atom. The molecule has 0 spiro atoms. The molecule has 1 aromatic rings. The summed E-state index contributed by atoms with van der Waals surface area (Å²) in [5.41, 5.74) is 0.920. The molecule has 8 heteroatoms. The van der Waals surface area contributed by atoms with E-state index in [1.54, 1.807) is 7.11 Å². The highest BCUT2D eigenvalue weighted by molar-refractivity contribution is 5.93. The monoisotopic (exact) mass is 423 g/mol. The number of guanidine groups is 1. The van der Waals surface area contributed by atoms with E-state index in [2.05, 4.69) is 20.4 Å². The molecule has 0 aliphatic heterocycles. The molecule has 30 heavy (non-hydrogen) atoms. The fourth-order valence-corrected chi connectivity index (χ4v) is 2.47. The van der Waals surface area contributed by atoms with Gasteiger partial charge in [0.2, 0.25) is 0 Å². The lowest BCUT2D eigenvalue weighted by atomic mass is 10.2. The number of hydrogen-bond donors (Lipinski definition) is 2. The number of anilines is 1. The molecule has 0 aliphatic rings. The van der Waals surface area contributed by atoms with Crippen LogP contribution in [0.25, 0.3) is 0 Å². The molecular weight excluding hydrogens is 386 g/mol. The van der Waals surface area contributed by atoms with Crippen molar-refractivity contribution in [3.05, 3.63) is 24.3 Å². The predicted molar refractivity (Wildman–Crippen MR) is 119 cm³/mol. The van der Waals surface area contributed by atoms with E-state index in [0.29, 0.717) is 45.3 Å². The van der Waals surface area contributed by atoms with Gasteiger partial charge >= 0.3 is 5.97 Å². The number of carbonyl (C=O) groups is 1. The first-order valence-corrected chi connectivity index (χ1v) is 10.5. The summed E-state index contributed by atoms with van der Waals surface area (Å²) in [6, 6.07) is 7.78. The molecule has 0 unspecified atom stereocenters. The van der Waals surface area contributed by atoms with Crippen LogP contribution in [0.5, 0.6) is 5.75 Å². The van der Waals surface area contributed by atoms with Gasteiger partial charge in [-0.3, -0.25) is 9.79 Å². The van der Waals surface area contributed by atoms with Crippen LogP contribution in [0.2, 0.25) is 0 Å². The number of rotatable bonds is 15. The van der Waals surface area contributed by atoms with Crippen LogP contribution in [0.4, 0.5) is 5.69 Å². The number of nitrogens with one attached hydrogen (secondary N) is 2. The van der Waals surface area contributed by atoms with Crippen LogP contribution in [-0.4, -0.2) is 65.2 Å². The maximum absolute atomic E-state index is 11.2. The highest BCUT2D eigenvalue weighted by Gasteiger charge is 2.03. The minimum absolute atomic E-state index is 0.138. The van der Waals surface area contributed by atoms with E-state index in [1.165, 1.54) is 7.11 Å². The van der Waals surface area contributed by atoms with Crippen molar-refractivity contribution in [1.82, 2.24) is 5.32 Å². The average molecular weight is 424 g/mol. The molecule has 8 nitrogen and oxygen atoms in total. The van der Waals surface area contributed by atoms with E-state index in [1.807, 2.05) is 38.1 Å². The Labute approximate surface area is 180 Å². The number of carbonyl (C=O) groups excluding carboxylic acids is 1. The lowest BCUT2D eigenvalue weighted by Gasteiger charge is -2.14. The highest BCUT2D eigenvalue weighted by atomic mass is 16.5. The zero-order chi connectivity index (χ0) is 22.0. The van der Waals surface area contributed by atoms with E-state index in [4.69, 9.17) is 14.2 Å². The Hall–Kier alpha value is -2.32. The fourth-order valence-electron chi connectivity index (χ4n) is 2.47. The molecule has 0 fully saturated rings. The molecule has 1 rings (SSSR count). The van der Waals surface area contributed by atoms with Crippen LogP contribution in [0.15, 0.2) is 29.3 Å². The molecule has 0 bridgehead atoms. The van der Waals surface area contributed by atoms with Gasteiger partial charge in [0.15, 0.2) is 5.96 Å². The topological polar surface area (TPSA) is 90.4 Å². The normalized spacial score (nSPS) is 11.4. The Morgan fingerprint density at radius 2 is 1.80 bits per heavy atom. The lowest BCUT2D eigenvalue weighted by Crippen LogP contribution is -2.32. The molecule has 0 aliphatic carbocycles. The van der Waals surface area contributed by atoms with Gasteiger partial charge in [0.05, 0.1) is 26.4 Å². The molecule has 0 heterocycles. The summed E-state index contributed by atoms with van der Waals surface area (Å²) in [5.74, 6) is 1.35. The number of hydrogen-bond acceptors (Lipinski definition) is 6. The van der Waals surface area contributed by atoms with Crippen LogP contribution in [0.3, 0.4) is 0 Å². The Kier molecular flexibility index (Phi) is 14.1. The zero-order valence-electron chi connectivity index (χ0n) is 18.7. The third-order valence-electron chi connectivity index (χ3n) is 3.97. The number of esters is 1. The van der Waals surface area contributed by atoms with Crippen LogP contribution in [0.1, 0.15) is 39.5 Å². The van der Waals surface area contributed by atoms with E-state index in [9.17, 15) is 4.79 Å². The Morgan fingerprint density at radius 1 is 1.03 bits per heavy atom. The quantitative estimate of drug-likeness (QED) is 0.194. The largest absolute Gasteiger partial charge is 0.491 e. The molecule has 2 N–H and O–H groups in total. The zero-order valence-corrected chi connectivity index (χ0v) is 18.7. The van der Waals surface area contributed by atoms with E-state index >= 15 is 0 Å². The van der Waals surface area contributed by atoms with Gasteiger partial charge in [-0.05, 0) is 57.4 Å². The molecule has 0 amide bonds. The second-order valence-electron chi connectivity index (χ2n) is 6.97. The number of nitrogens with zero attached hydrogens (tertiary/aromatic N) is 1. The van der Waals surface area contributed by atoms with Crippen LogP contribution in [-0.2, 0) is 19.0 Å². The van der Waals surface area contributed by atoms with Crippen molar-refractivity contribution in [2.75, 3.05) is 52.4 Å². The predicted octanol–water partition coefficient (Wildman–Crippen LogP) is 3.23. The lowest BCUT2D eigenvalue weighted by molar-refractivity contribution is -0.140. The van der Waals surface area contributed by atoms with Crippen LogP contribution < -0.4 is 15.4 Å². The minimum atomic E-state index is -0.181. The number of ether oxygens (including phenoxy) is 4. The number of unbranched alkanes of at least 4 members (excludes halogenated alkanes) is 1. The maximum Gasteiger partial charge on any atom is 0.305 e. The van der Waals surface area contributed by atoms with E-state index < -0.39 is 0 Å². The smallest absolute Gasteiger partial charge is 0.305 e. The minimum Gasteiger partial charge on any atom is -0.491 e. The second-order valence-corrected chi connectivity index (χ2v) is 6.97. The van der Waals surface area contributed by atoms with Crippen molar-refractivity contribution >= 4 is 17.6 Å². The number of aliphatic imine (C=N–C) groups is 1. The van der Waals surface area contributed by atoms with Gasteiger partial charge in [0.1, 0.15) is 5.75 Å². The van der Waals surface area contributed by atoms with Gasteiger partial charge in [0.25, 0.3) is 0 Å². The van der Waals surface area contributed by atoms with Gasteiger partial charge in [-0.15, -0.1) is 0 Å². The van der Waals surface area contributed by atoms with Crippen molar-refractivity contribution in [3.8, 4) is 5.75 Å². The van der Waals surface area contributed by atoms with Gasteiger partial charge < -0.3 is 29.6 Å². The Bertz CT molecular complexity index is 605. The molecule has 0 atom stereocenters. The molecule has 1 aromatic carbocycles. The SMILES string of the molecule is COCCOCCCN=C(NCCCCC(=O)OC)Nc1ccc(OC(C)C)cc1. The van der Waals surface area contributed by atoms with Gasteiger partial charge in [-0.25, -0.2) is 0 Å². The van der Waals surface area contributed by atoms with E-state index in [-0.39, 0.29) is 12.1 Å². The molecular formula is C22H37N3O5. The van der Waals surface area contributed by atoms with E-state index in [0.717, 1.165) is 30.7 Å². The van der Waals surface area contributed by atoms with Gasteiger partial charge in [-0.2, -0.15) is 0 Å². The second kappa shape index (κ2) is 16.5. The number of benzene rings is 1. The first-order valence-electron chi connectivity index (χ1n) is 10.5. The fraction of sp³-hybridized carbons (Fsp3) is 0.636. The summed E-state index contributed by atoms with van der Waals surface area (Å²) < 4.78 is 20.8. The average Bonchev–Trinajstić information content (AvgIpc) is 2.73. The van der Waals surface area contributed by atoms with Gasteiger partial charge in [0, 0.05) is 38.9 Å². The van der Waals surface area contributed by atoms with Crippen molar-refractivity contribution in [2.45, 2.75) is 45.6 Å². The van der Waals surface area contributed by atoms with Gasteiger partial charge in [-0.1, -0.05) is 0 Å². The third kappa shape index (κ3) is 13.0. The molecule has 170 valence electrons. The first kappa shape index (κ1) is 25.7. The van der Waals surface area contributed by atoms with Crippen molar-refractivity contribution in [3.63, 3.8) is 0 Å². The summed E-state index contributed by atoms with van der Waals surface area (Å²) >= 11 is 0. The standard InChI is InChI=1S/C22H37N3O5/c1-18(2)30-20-11-9-19(10-12-20)25-22(23-13-6-5-8-21(26)28-4)24-14-7-15-29-17-16-27-3/h9-12,18H,5-8,13-17H2,1-4H3,(H2,23,24,25). The Balaban J connectivity index is 2.51. The summed E-state index contributed by atoms with van der Waals surface area (Å²) in [6.45, 7) is 7.18. The van der Waals surface area contributed by atoms with Crippen LogP contribution >= 0.6 is 0 Å². The molecule has 0 saturated carbocycles. The number of methoxy groups -OCH3 is 2. The molecule has 0 radical (unpaired) electrons. The summed E-state index contributed by atoms with van der Waals surface area (Å²) in [7, 11) is 3.07. The molecule has 0 saturated heterocycles. The van der Waals surface area contributed by atoms with Crippen molar-refractivity contribution in [2.24, 2.45) is 4.99 Å². The van der Waals surface area contributed by atoms with Crippen molar-refractivity contribution < 1.29 is 23.7 Å². The van der Waals surface area contributed by atoms with Crippen molar-refractivity contribution in [1.29, 1.82) is 0 Å². The summed E-state index contributed by atoms with van der Waals surface area (Å²) in [6.07, 6.45) is 2.99.